The molecule has 0 fully saturated rings. The van der Waals surface area contributed by atoms with E-state index in [0.29, 0.717) is 17.2 Å². The summed E-state index contributed by atoms with van der Waals surface area (Å²) in [5, 5.41) is 5.51. The van der Waals surface area contributed by atoms with Crippen molar-refractivity contribution in [3.8, 4) is 39.7 Å². The molecule has 0 saturated carbocycles. The Balaban J connectivity index is 1.72. The van der Waals surface area contributed by atoms with Crippen molar-refractivity contribution in [1.29, 1.82) is 0 Å². The van der Waals surface area contributed by atoms with Crippen LogP contribution in [-0.2, 0) is 0 Å². The smallest absolute Gasteiger partial charge is 0.272 e. The molecule has 0 atom stereocenters. The molecule has 162 valence electrons. The van der Waals surface area contributed by atoms with Gasteiger partial charge in [-0.05, 0) is 66.2 Å². The van der Waals surface area contributed by atoms with Crippen LogP contribution in [0.1, 0.15) is 0 Å². The summed E-state index contributed by atoms with van der Waals surface area (Å²) in [6.07, 6.45) is 1.68. The Morgan fingerprint density at radius 1 is 0.788 bits per heavy atom. The number of pyridine rings is 2. The minimum atomic E-state index is -0.287. The Kier molecular flexibility index (Phi) is 5.28. The van der Waals surface area contributed by atoms with Gasteiger partial charge in [-0.1, -0.05) is 12.1 Å². The van der Waals surface area contributed by atoms with Crippen molar-refractivity contribution in [1.82, 2.24) is 19.7 Å². The van der Waals surface area contributed by atoms with E-state index in [2.05, 4.69) is 10.1 Å². The van der Waals surface area contributed by atoms with Crippen molar-refractivity contribution >= 4 is 11.0 Å². The Hall–Kier alpha value is -4.52. The number of hydrogen-bond acceptors (Lipinski definition) is 6. The Morgan fingerprint density at radius 2 is 1.45 bits per heavy atom. The molecule has 0 aliphatic heterocycles. The van der Waals surface area contributed by atoms with Crippen LogP contribution >= 0.6 is 0 Å². The lowest BCUT2D eigenvalue weighted by molar-refractivity contribution is 0.415. The minimum Gasteiger partial charge on any atom is -0.497 e. The van der Waals surface area contributed by atoms with Crippen LogP contribution in [0, 0.1) is 0 Å². The zero-order valence-corrected chi connectivity index (χ0v) is 18.1. The lowest BCUT2D eigenvalue weighted by Gasteiger charge is -2.13. The predicted molar refractivity (Wildman–Crippen MR) is 127 cm³/mol. The lowest BCUT2D eigenvalue weighted by Crippen LogP contribution is -2.22. The number of fused-ring (bicyclic) bond motifs is 1. The molecule has 0 N–H and O–H groups in total. The fourth-order valence-corrected chi connectivity index (χ4v) is 3.62. The molecular weight excluding hydrogens is 416 g/mol. The highest BCUT2D eigenvalue weighted by Gasteiger charge is 2.15. The topological polar surface area (TPSA) is 79.1 Å². The third kappa shape index (κ3) is 3.92. The maximum absolute atomic E-state index is 12.9. The van der Waals surface area contributed by atoms with Gasteiger partial charge in [0, 0.05) is 28.8 Å². The Labute approximate surface area is 189 Å². The van der Waals surface area contributed by atoms with E-state index in [1.807, 2.05) is 66.7 Å². The van der Waals surface area contributed by atoms with Crippen molar-refractivity contribution in [2.75, 3.05) is 14.2 Å². The summed E-state index contributed by atoms with van der Waals surface area (Å²) in [6.45, 7) is 0. The first-order valence-corrected chi connectivity index (χ1v) is 10.3. The molecule has 33 heavy (non-hydrogen) atoms. The van der Waals surface area contributed by atoms with Crippen LogP contribution in [-0.4, -0.2) is 34.0 Å². The first kappa shape index (κ1) is 20.4. The van der Waals surface area contributed by atoms with Gasteiger partial charge in [0.05, 0.1) is 19.9 Å². The number of benzene rings is 2. The number of methoxy groups -OCH3 is 2. The minimum absolute atomic E-state index is 0.287. The summed E-state index contributed by atoms with van der Waals surface area (Å²) in [7, 11) is 3.24. The third-order valence-corrected chi connectivity index (χ3v) is 5.36. The van der Waals surface area contributed by atoms with E-state index in [4.69, 9.17) is 14.5 Å². The number of hydrogen-bond donors (Lipinski definition) is 0. The molecule has 5 rings (SSSR count). The molecule has 0 bridgehead atoms. The molecular formula is C26H20N4O3. The van der Waals surface area contributed by atoms with Gasteiger partial charge in [0.25, 0.3) is 5.56 Å². The summed E-state index contributed by atoms with van der Waals surface area (Å²) in [6, 6.07) is 24.1. The molecule has 2 aromatic carbocycles. The first-order valence-electron chi connectivity index (χ1n) is 10.3. The highest BCUT2D eigenvalue weighted by molar-refractivity contribution is 5.85. The van der Waals surface area contributed by atoms with Crippen LogP contribution in [0.15, 0.2) is 89.9 Å². The zero-order valence-electron chi connectivity index (χ0n) is 18.1. The van der Waals surface area contributed by atoms with Gasteiger partial charge in [0.15, 0.2) is 11.5 Å². The van der Waals surface area contributed by atoms with Gasteiger partial charge in [-0.15, -0.1) is 0 Å². The van der Waals surface area contributed by atoms with Gasteiger partial charge in [-0.3, -0.25) is 4.79 Å². The van der Waals surface area contributed by atoms with Crippen molar-refractivity contribution in [3.05, 3.63) is 95.4 Å². The second-order valence-electron chi connectivity index (χ2n) is 7.34. The highest BCUT2D eigenvalue weighted by atomic mass is 16.5. The maximum Gasteiger partial charge on any atom is 0.272 e. The summed E-state index contributed by atoms with van der Waals surface area (Å²) < 4.78 is 11.9. The molecule has 0 aliphatic rings. The Morgan fingerprint density at radius 3 is 2.12 bits per heavy atom. The molecule has 7 nitrogen and oxygen atoms in total. The number of rotatable bonds is 5. The summed E-state index contributed by atoms with van der Waals surface area (Å²) in [5.74, 6) is 1.90. The van der Waals surface area contributed by atoms with Crippen molar-refractivity contribution in [2.24, 2.45) is 0 Å². The molecule has 0 radical (unpaired) electrons. The number of ether oxygens (including phenoxy) is 2. The average molecular weight is 436 g/mol. The van der Waals surface area contributed by atoms with E-state index in [0.717, 1.165) is 33.6 Å². The molecule has 0 aliphatic carbocycles. The van der Waals surface area contributed by atoms with Gasteiger partial charge in [0.1, 0.15) is 11.5 Å². The average Bonchev–Trinajstić information content (AvgIpc) is 2.88. The molecule has 3 heterocycles. The van der Waals surface area contributed by atoms with Crippen molar-refractivity contribution in [2.45, 2.75) is 0 Å². The van der Waals surface area contributed by atoms with Crippen LogP contribution < -0.4 is 15.0 Å². The van der Waals surface area contributed by atoms with E-state index in [9.17, 15) is 4.79 Å². The standard InChI is InChI=1S/C26H20N4O3/c1-32-20-9-5-17(6-10-20)22-16-19-4-3-15-27-25(19)28-26(22)30-24(31)14-13-23(29-30)18-7-11-21(33-2)12-8-18/h3-16H,1-2H3. The van der Waals surface area contributed by atoms with Gasteiger partial charge in [0.2, 0.25) is 0 Å². The van der Waals surface area contributed by atoms with Gasteiger partial charge < -0.3 is 9.47 Å². The third-order valence-electron chi connectivity index (χ3n) is 5.36. The molecule has 3 aromatic heterocycles. The van der Waals surface area contributed by atoms with Crippen LogP contribution in [0.2, 0.25) is 0 Å². The summed E-state index contributed by atoms with van der Waals surface area (Å²) >= 11 is 0. The second-order valence-corrected chi connectivity index (χ2v) is 7.34. The Bertz CT molecular complexity index is 1490. The van der Waals surface area contributed by atoms with Gasteiger partial charge >= 0.3 is 0 Å². The SMILES string of the molecule is COc1ccc(-c2ccc(=O)n(-c3nc4ncccc4cc3-c3ccc(OC)cc3)n2)cc1. The van der Waals surface area contributed by atoms with Crippen LogP contribution in [0.5, 0.6) is 11.5 Å². The van der Waals surface area contributed by atoms with Crippen LogP contribution in [0.4, 0.5) is 0 Å². The fraction of sp³-hybridized carbons (Fsp3) is 0.0769. The van der Waals surface area contributed by atoms with E-state index < -0.39 is 0 Å². The van der Waals surface area contributed by atoms with Crippen LogP contribution in [0.25, 0.3) is 39.2 Å². The van der Waals surface area contributed by atoms with E-state index in [-0.39, 0.29) is 5.56 Å². The van der Waals surface area contributed by atoms with Gasteiger partial charge in [-0.25, -0.2) is 9.97 Å². The van der Waals surface area contributed by atoms with E-state index >= 15 is 0 Å². The van der Waals surface area contributed by atoms with Crippen LogP contribution in [0.3, 0.4) is 0 Å². The molecule has 7 heteroatoms. The number of aromatic nitrogens is 4. The van der Waals surface area contributed by atoms with E-state index in [1.165, 1.54) is 10.7 Å². The normalized spacial score (nSPS) is 10.8. The zero-order chi connectivity index (χ0) is 22.8. The maximum atomic E-state index is 12.9. The molecule has 0 unspecified atom stereocenters. The highest BCUT2D eigenvalue weighted by Crippen LogP contribution is 2.29. The summed E-state index contributed by atoms with van der Waals surface area (Å²) in [4.78, 5) is 22.0. The predicted octanol–water partition coefficient (Wildman–Crippen LogP) is 4.53. The molecule has 5 aromatic rings. The quantitative estimate of drug-likeness (QED) is 0.403. The van der Waals surface area contributed by atoms with Gasteiger partial charge in [-0.2, -0.15) is 9.78 Å². The van der Waals surface area contributed by atoms with E-state index in [1.54, 1.807) is 26.5 Å². The largest absolute Gasteiger partial charge is 0.497 e. The molecule has 0 saturated heterocycles. The summed E-state index contributed by atoms with van der Waals surface area (Å²) in [5.41, 5.74) is 3.39. The monoisotopic (exact) mass is 436 g/mol. The second kappa shape index (κ2) is 8.55. The van der Waals surface area contributed by atoms with Crippen molar-refractivity contribution in [3.63, 3.8) is 0 Å². The fourth-order valence-electron chi connectivity index (χ4n) is 3.62. The molecule has 0 amide bonds. The van der Waals surface area contributed by atoms with Crippen molar-refractivity contribution < 1.29 is 9.47 Å². The first-order chi connectivity index (χ1) is 16.2. The molecule has 0 spiro atoms. The lowest BCUT2D eigenvalue weighted by atomic mass is 10.0. The number of nitrogens with zero attached hydrogens (tertiary/aromatic N) is 4.